The largest absolute Gasteiger partial charge is 0.326 e. The number of hydrogen-bond donors (Lipinski definition) is 1. The smallest absolute Gasteiger partial charge is 0.179 e. The van der Waals surface area contributed by atoms with Gasteiger partial charge in [0.25, 0.3) is 0 Å². The van der Waals surface area contributed by atoms with Gasteiger partial charge in [0.05, 0.1) is 0 Å². The molecule has 16 heavy (non-hydrogen) atoms. The molecular weight excluding hydrogens is 306 g/mol. The van der Waals surface area contributed by atoms with Crippen LogP contribution in [0.3, 0.4) is 0 Å². The standard InChI is InChI=1S/C10H10BrN3S2/c1-6-13-14-10(15-6)16-9-4-8(11)3-2-7(9)5-12/h2-4H,5,12H2,1H3. The molecule has 0 atom stereocenters. The third kappa shape index (κ3) is 2.82. The lowest BCUT2D eigenvalue weighted by atomic mass is 10.2. The maximum Gasteiger partial charge on any atom is 0.179 e. The first kappa shape index (κ1) is 12.0. The number of aromatic nitrogens is 2. The highest BCUT2D eigenvalue weighted by Gasteiger charge is 2.07. The number of nitrogens with two attached hydrogens (primary N) is 1. The van der Waals surface area contributed by atoms with E-state index in [1.807, 2.05) is 19.1 Å². The maximum absolute atomic E-state index is 5.70. The van der Waals surface area contributed by atoms with Gasteiger partial charge in [-0.1, -0.05) is 45.1 Å². The van der Waals surface area contributed by atoms with Crippen LogP contribution < -0.4 is 5.73 Å². The van der Waals surface area contributed by atoms with Crippen molar-refractivity contribution >= 4 is 39.0 Å². The van der Waals surface area contributed by atoms with Crippen molar-refractivity contribution in [2.45, 2.75) is 22.7 Å². The molecule has 2 aromatic rings. The summed E-state index contributed by atoms with van der Waals surface area (Å²) >= 11 is 6.66. The summed E-state index contributed by atoms with van der Waals surface area (Å²) < 4.78 is 2.00. The van der Waals surface area contributed by atoms with Crippen LogP contribution in [0.25, 0.3) is 0 Å². The van der Waals surface area contributed by atoms with Crippen molar-refractivity contribution in [3.63, 3.8) is 0 Å². The summed E-state index contributed by atoms with van der Waals surface area (Å²) in [5, 5.41) is 9.07. The van der Waals surface area contributed by atoms with E-state index in [-0.39, 0.29) is 0 Å². The summed E-state index contributed by atoms with van der Waals surface area (Å²) in [7, 11) is 0. The summed E-state index contributed by atoms with van der Waals surface area (Å²) in [4.78, 5) is 1.13. The van der Waals surface area contributed by atoms with E-state index in [2.05, 4.69) is 32.2 Å². The van der Waals surface area contributed by atoms with Crippen molar-refractivity contribution in [1.82, 2.24) is 10.2 Å². The minimum Gasteiger partial charge on any atom is -0.326 e. The van der Waals surface area contributed by atoms with E-state index in [0.717, 1.165) is 24.3 Å². The number of aryl methyl sites for hydroxylation is 1. The molecule has 2 N–H and O–H groups in total. The third-order valence-corrected chi connectivity index (χ3v) is 4.44. The third-order valence-electron chi connectivity index (χ3n) is 1.95. The molecule has 3 nitrogen and oxygen atoms in total. The van der Waals surface area contributed by atoms with Crippen molar-refractivity contribution in [2.75, 3.05) is 0 Å². The Balaban J connectivity index is 2.29. The number of nitrogens with zero attached hydrogens (tertiary/aromatic N) is 2. The van der Waals surface area contributed by atoms with Gasteiger partial charge in [0.1, 0.15) is 5.01 Å². The van der Waals surface area contributed by atoms with Crippen molar-refractivity contribution in [3.8, 4) is 0 Å². The molecule has 0 radical (unpaired) electrons. The van der Waals surface area contributed by atoms with E-state index >= 15 is 0 Å². The number of rotatable bonds is 3. The SMILES string of the molecule is Cc1nnc(Sc2cc(Br)ccc2CN)s1. The highest BCUT2D eigenvalue weighted by atomic mass is 79.9. The first-order chi connectivity index (χ1) is 7.69. The van der Waals surface area contributed by atoms with Gasteiger partial charge in [0, 0.05) is 15.9 Å². The Morgan fingerprint density at radius 3 is 2.88 bits per heavy atom. The zero-order valence-corrected chi connectivity index (χ0v) is 11.8. The Kier molecular flexibility index (Phi) is 3.96. The van der Waals surface area contributed by atoms with E-state index in [0.29, 0.717) is 6.54 Å². The number of benzene rings is 1. The second-order valence-electron chi connectivity index (χ2n) is 3.15. The fourth-order valence-corrected chi connectivity index (χ4v) is 3.67. The fraction of sp³-hybridized carbons (Fsp3) is 0.200. The van der Waals surface area contributed by atoms with Gasteiger partial charge in [-0.05, 0) is 24.6 Å². The maximum atomic E-state index is 5.70. The van der Waals surface area contributed by atoms with E-state index in [4.69, 9.17) is 5.73 Å². The molecular formula is C10H10BrN3S2. The normalized spacial score (nSPS) is 10.7. The van der Waals surface area contributed by atoms with Crippen molar-refractivity contribution < 1.29 is 0 Å². The van der Waals surface area contributed by atoms with Gasteiger partial charge in [0.15, 0.2) is 4.34 Å². The van der Waals surface area contributed by atoms with Crippen LogP contribution in [0.15, 0.2) is 31.9 Å². The highest BCUT2D eigenvalue weighted by molar-refractivity contribution is 9.10. The molecule has 0 aliphatic rings. The van der Waals surface area contributed by atoms with Gasteiger partial charge in [-0.25, -0.2) is 0 Å². The van der Waals surface area contributed by atoms with Crippen molar-refractivity contribution in [3.05, 3.63) is 33.2 Å². The molecule has 0 aliphatic heterocycles. The minimum absolute atomic E-state index is 0.535. The Bertz CT molecular complexity index is 499. The van der Waals surface area contributed by atoms with Crippen molar-refractivity contribution in [2.24, 2.45) is 5.73 Å². The van der Waals surface area contributed by atoms with Crippen molar-refractivity contribution in [1.29, 1.82) is 0 Å². The summed E-state index contributed by atoms with van der Waals surface area (Å²) in [6.07, 6.45) is 0. The average Bonchev–Trinajstić information content (AvgIpc) is 2.64. The zero-order valence-electron chi connectivity index (χ0n) is 8.61. The molecule has 0 aliphatic carbocycles. The second-order valence-corrected chi connectivity index (χ2v) is 6.53. The molecule has 6 heteroatoms. The van der Waals surface area contributed by atoms with E-state index in [1.165, 1.54) is 0 Å². The van der Waals surface area contributed by atoms with Crippen LogP contribution >= 0.6 is 39.0 Å². The topological polar surface area (TPSA) is 51.8 Å². The van der Waals surface area contributed by atoms with E-state index in [9.17, 15) is 0 Å². The minimum atomic E-state index is 0.535. The Morgan fingerprint density at radius 1 is 1.44 bits per heavy atom. The summed E-state index contributed by atoms with van der Waals surface area (Å²) in [6, 6.07) is 6.08. The van der Waals surface area contributed by atoms with E-state index < -0.39 is 0 Å². The Morgan fingerprint density at radius 2 is 2.25 bits per heavy atom. The Hall–Kier alpha value is -0.430. The lowest BCUT2D eigenvalue weighted by molar-refractivity contribution is 0.979. The molecule has 0 saturated carbocycles. The second kappa shape index (κ2) is 5.27. The molecule has 1 aromatic heterocycles. The molecule has 0 unspecified atom stereocenters. The monoisotopic (exact) mass is 315 g/mol. The van der Waals surface area contributed by atoms with Crippen LogP contribution in [0.1, 0.15) is 10.6 Å². The molecule has 0 amide bonds. The van der Waals surface area contributed by atoms with Gasteiger partial charge in [-0.2, -0.15) is 0 Å². The van der Waals surface area contributed by atoms with Crippen LogP contribution in [-0.4, -0.2) is 10.2 Å². The molecule has 1 heterocycles. The zero-order chi connectivity index (χ0) is 11.5. The molecule has 0 fully saturated rings. The highest BCUT2D eigenvalue weighted by Crippen LogP contribution is 2.33. The van der Waals surface area contributed by atoms with Gasteiger partial charge >= 0.3 is 0 Å². The summed E-state index contributed by atoms with van der Waals surface area (Å²) in [5.41, 5.74) is 6.82. The first-order valence-electron chi connectivity index (χ1n) is 4.65. The lowest BCUT2D eigenvalue weighted by Crippen LogP contribution is -1.97. The van der Waals surface area contributed by atoms with Gasteiger partial charge in [-0.3, -0.25) is 0 Å². The molecule has 0 bridgehead atoms. The van der Waals surface area contributed by atoms with Gasteiger partial charge in [0.2, 0.25) is 0 Å². The lowest BCUT2D eigenvalue weighted by Gasteiger charge is -2.05. The number of halogens is 1. The Labute approximate surface area is 111 Å². The molecule has 0 spiro atoms. The van der Waals surface area contributed by atoms with Gasteiger partial charge < -0.3 is 5.73 Å². The summed E-state index contributed by atoms with van der Waals surface area (Å²) in [5.74, 6) is 0. The van der Waals surface area contributed by atoms with Crippen LogP contribution in [0.4, 0.5) is 0 Å². The molecule has 0 saturated heterocycles. The molecule has 2 rings (SSSR count). The van der Waals surface area contributed by atoms with Crippen LogP contribution in [0.5, 0.6) is 0 Å². The average molecular weight is 316 g/mol. The quantitative estimate of drug-likeness (QED) is 0.944. The van der Waals surface area contributed by atoms with Gasteiger partial charge in [-0.15, -0.1) is 10.2 Å². The predicted octanol–water partition coefficient (Wildman–Crippen LogP) is 3.22. The predicted molar refractivity (Wildman–Crippen MR) is 70.8 cm³/mol. The number of hydrogen-bond acceptors (Lipinski definition) is 5. The molecule has 84 valence electrons. The first-order valence-corrected chi connectivity index (χ1v) is 7.08. The fourth-order valence-electron chi connectivity index (χ4n) is 1.21. The van der Waals surface area contributed by atoms with E-state index in [1.54, 1.807) is 23.1 Å². The summed E-state index contributed by atoms with van der Waals surface area (Å²) in [6.45, 7) is 2.49. The van der Waals surface area contributed by atoms with Crippen LogP contribution in [-0.2, 0) is 6.54 Å². The van der Waals surface area contributed by atoms with Crippen LogP contribution in [0, 0.1) is 6.92 Å². The van der Waals surface area contributed by atoms with Crippen LogP contribution in [0.2, 0.25) is 0 Å². The molecule has 1 aromatic carbocycles.